The first-order valence-corrected chi connectivity index (χ1v) is 6.22. The van der Waals surface area contributed by atoms with E-state index in [0.717, 1.165) is 26.2 Å². The Morgan fingerprint density at radius 3 is 2.73 bits per heavy atom. The zero-order valence-corrected chi connectivity index (χ0v) is 9.67. The van der Waals surface area contributed by atoms with Crippen LogP contribution in [-0.4, -0.2) is 36.5 Å². The quantitative estimate of drug-likeness (QED) is 0.742. The number of morpholine rings is 1. The first-order chi connectivity index (χ1) is 7.18. The van der Waals surface area contributed by atoms with Gasteiger partial charge in [0.15, 0.2) is 0 Å². The number of aliphatic hydroxyl groups is 1. The van der Waals surface area contributed by atoms with E-state index in [1.54, 1.807) is 0 Å². The molecule has 2 atom stereocenters. The van der Waals surface area contributed by atoms with Crippen LogP contribution >= 0.6 is 0 Å². The molecule has 0 aromatic heterocycles. The molecule has 0 bridgehead atoms. The van der Waals surface area contributed by atoms with Gasteiger partial charge in [0.25, 0.3) is 0 Å². The normalized spacial score (nSPS) is 32.8. The fourth-order valence-electron chi connectivity index (χ4n) is 2.96. The lowest BCUT2D eigenvalue weighted by Crippen LogP contribution is -2.47. The van der Waals surface area contributed by atoms with Gasteiger partial charge in [-0.1, -0.05) is 12.8 Å². The Morgan fingerprint density at radius 1 is 1.40 bits per heavy atom. The Balaban J connectivity index is 1.84. The Bertz CT molecular complexity index is 194. The van der Waals surface area contributed by atoms with Crippen LogP contribution in [0.1, 0.15) is 39.0 Å². The predicted octanol–water partition coefficient (Wildman–Crippen LogP) is 1.31. The molecule has 2 fully saturated rings. The third-order valence-electron chi connectivity index (χ3n) is 3.89. The highest BCUT2D eigenvalue weighted by Gasteiger charge is 2.36. The van der Waals surface area contributed by atoms with Crippen molar-refractivity contribution < 1.29 is 9.84 Å². The van der Waals surface area contributed by atoms with Crippen LogP contribution in [0.2, 0.25) is 0 Å². The minimum Gasteiger partial charge on any atom is -0.390 e. The van der Waals surface area contributed by atoms with E-state index in [-0.39, 0.29) is 0 Å². The molecule has 1 saturated heterocycles. The molecule has 2 N–H and O–H groups in total. The van der Waals surface area contributed by atoms with E-state index in [0.29, 0.717) is 12.0 Å². The van der Waals surface area contributed by atoms with Crippen molar-refractivity contribution in [3.8, 4) is 0 Å². The molecule has 3 heteroatoms. The third-order valence-corrected chi connectivity index (χ3v) is 3.89. The van der Waals surface area contributed by atoms with Crippen LogP contribution in [0.3, 0.4) is 0 Å². The Morgan fingerprint density at radius 2 is 2.13 bits per heavy atom. The molecule has 1 aliphatic carbocycles. The highest BCUT2D eigenvalue weighted by Crippen LogP contribution is 2.36. The van der Waals surface area contributed by atoms with Crippen molar-refractivity contribution in [1.29, 1.82) is 0 Å². The van der Waals surface area contributed by atoms with Gasteiger partial charge in [-0.2, -0.15) is 0 Å². The van der Waals surface area contributed by atoms with E-state index in [4.69, 9.17) is 4.74 Å². The molecule has 0 spiro atoms. The van der Waals surface area contributed by atoms with Crippen molar-refractivity contribution in [2.45, 2.75) is 50.7 Å². The Labute approximate surface area is 92.2 Å². The Kier molecular flexibility index (Phi) is 3.65. The van der Waals surface area contributed by atoms with E-state index in [2.05, 4.69) is 5.32 Å². The summed E-state index contributed by atoms with van der Waals surface area (Å²) < 4.78 is 5.42. The molecule has 2 rings (SSSR count). The summed E-state index contributed by atoms with van der Waals surface area (Å²) in [6.07, 6.45) is 5.80. The predicted molar refractivity (Wildman–Crippen MR) is 59.8 cm³/mol. The zero-order valence-electron chi connectivity index (χ0n) is 9.67. The summed E-state index contributed by atoms with van der Waals surface area (Å²) in [6, 6.07) is 0.342. The topological polar surface area (TPSA) is 41.5 Å². The monoisotopic (exact) mass is 213 g/mol. The van der Waals surface area contributed by atoms with Crippen molar-refractivity contribution in [2.75, 3.05) is 19.8 Å². The number of ether oxygens (including phenoxy) is 1. The third kappa shape index (κ3) is 2.92. The van der Waals surface area contributed by atoms with Crippen molar-refractivity contribution in [3.05, 3.63) is 0 Å². The standard InChI is InChI=1S/C12H23NO2/c1-12(14,10-4-2-3-5-10)8-11-9-15-7-6-13-11/h10-11,13-14H,2-9H2,1H3. The van der Waals surface area contributed by atoms with E-state index < -0.39 is 5.60 Å². The van der Waals surface area contributed by atoms with Crippen LogP contribution in [0.25, 0.3) is 0 Å². The number of rotatable bonds is 3. The van der Waals surface area contributed by atoms with Crippen molar-refractivity contribution in [2.24, 2.45) is 5.92 Å². The molecule has 1 saturated carbocycles. The SMILES string of the molecule is CC(O)(CC1COCCN1)C1CCCC1. The van der Waals surface area contributed by atoms with Gasteiger partial charge in [-0.3, -0.25) is 0 Å². The molecule has 1 heterocycles. The molecule has 0 aromatic rings. The van der Waals surface area contributed by atoms with E-state index in [1.165, 1.54) is 25.7 Å². The molecule has 0 amide bonds. The van der Waals surface area contributed by atoms with Crippen LogP contribution in [0.15, 0.2) is 0 Å². The molecule has 1 aliphatic heterocycles. The van der Waals surface area contributed by atoms with Gasteiger partial charge >= 0.3 is 0 Å². The molecule has 2 aliphatic rings. The van der Waals surface area contributed by atoms with E-state index in [9.17, 15) is 5.11 Å². The summed E-state index contributed by atoms with van der Waals surface area (Å²) in [5.74, 6) is 0.501. The van der Waals surface area contributed by atoms with Crippen LogP contribution in [0, 0.1) is 5.92 Å². The summed E-state index contributed by atoms with van der Waals surface area (Å²) >= 11 is 0. The highest BCUT2D eigenvalue weighted by atomic mass is 16.5. The smallest absolute Gasteiger partial charge is 0.0663 e. The lowest BCUT2D eigenvalue weighted by molar-refractivity contribution is -0.0326. The molecule has 2 unspecified atom stereocenters. The van der Waals surface area contributed by atoms with Crippen LogP contribution < -0.4 is 5.32 Å². The van der Waals surface area contributed by atoms with Crippen LogP contribution in [-0.2, 0) is 4.74 Å². The molecular formula is C12H23NO2. The van der Waals surface area contributed by atoms with E-state index >= 15 is 0 Å². The van der Waals surface area contributed by atoms with Gasteiger partial charge in [0.2, 0.25) is 0 Å². The van der Waals surface area contributed by atoms with Gasteiger partial charge in [-0.05, 0) is 32.1 Å². The molecule has 15 heavy (non-hydrogen) atoms. The largest absolute Gasteiger partial charge is 0.390 e. The first kappa shape index (κ1) is 11.4. The van der Waals surface area contributed by atoms with E-state index in [1.807, 2.05) is 6.92 Å². The number of hydrogen-bond acceptors (Lipinski definition) is 3. The fraction of sp³-hybridized carbons (Fsp3) is 1.00. The first-order valence-electron chi connectivity index (χ1n) is 6.22. The number of nitrogens with one attached hydrogen (secondary N) is 1. The van der Waals surface area contributed by atoms with Crippen LogP contribution in [0.5, 0.6) is 0 Å². The molecular weight excluding hydrogens is 190 g/mol. The van der Waals surface area contributed by atoms with Gasteiger partial charge in [0.05, 0.1) is 18.8 Å². The van der Waals surface area contributed by atoms with Gasteiger partial charge in [-0.25, -0.2) is 0 Å². The summed E-state index contributed by atoms with van der Waals surface area (Å²) in [5, 5.41) is 13.9. The maximum absolute atomic E-state index is 10.5. The molecule has 0 aromatic carbocycles. The second-order valence-corrected chi connectivity index (χ2v) is 5.27. The number of hydrogen-bond donors (Lipinski definition) is 2. The second kappa shape index (κ2) is 4.81. The zero-order chi connectivity index (χ0) is 10.7. The highest BCUT2D eigenvalue weighted by molar-refractivity contribution is 4.89. The average molecular weight is 213 g/mol. The summed E-state index contributed by atoms with van der Waals surface area (Å²) in [4.78, 5) is 0. The van der Waals surface area contributed by atoms with Gasteiger partial charge < -0.3 is 15.2 Å². The Hall–Kier alpha value is -0.120. The lowest BCUT2D eigenvalue weighted by Gasteiger charge is -2.35. The van der Waals surface area contributed by atoms with Gasteiger partial charge in [0.1, 0.15) is 0 Å². The molecule has 88 valence electrons. The summed E-state index contributed by atoms with van der Waals surface area (Å²) in [5.41, 5.74) is -0.505. The van der Waals surface area contributed by atoms with Crippen molar-refractivity contribution >= 4 is 0 Å². The second-order valence-electron chi connectivity index (χ2n) is 5.27. The molecule has 3 nitrogen and oxygen atoms in total. The maximum atomic E-state index is 10.5. The lowest BCUT2D eigenvalue weighted by atomic mass is 9.82. The minimum absolute atomic E-state index is 0.342. The van der Waals surface area contributed by atoms with Crippen LogP contribution in [0.4, 0.5) is 0 Å². The van der Waals surface area contributed by atoms with Gasteiger partial charge in [0, 0.05) is 12.6 Å². The minimum atomic E-state index is -0.505. The fourth-order valence-corrected chi connectivity index (χ4v) is 2.96. The summed E-state index contributed by atoms with van der Waals surface area (Å²) in [7, 11) is 0. The average Bonchev–Trinajstić information content (AvgIpc) is 2.71. The maximum Gasteiger partial charge on any atom is 0.0663 e. The van der Waals surface area contributed by atoms with Gasteiger partial charge in [-0.15, -0.1) is 0 Å². The van der Waals surface area contributed by atoms with Crippen molar-refractivity contribution in [3.63, 3.8) is 0 Å². The van der Waals surface area contributed by atoms with Crippen molar-refractivity contribution in [1.82, 2.24) is 5.32 Å². The summed E-state index contributed by atoms with van der Waals surface area (Å²) in [6.45, 7) is 4.48. The molecule has 0 radical (unpaired) electrons.